The second-order valence-corrected chi connectivity index (χ2v) is 7.64. The Morgan fingerprint density at radius 2 is 2.10 bits per heavy atom. The number of oxazole rings is 1. The molecule has 1 N–H and O–H groups in total. The Kier molecular flexibility index (Phi) is 6.14. The molecule has 156 valence electrons. The second kappa shape index (κ2) is 9.13. The number of para-hydroxylation sites is 1. The van der Waals surface area contributed by atoms with Gasteiger partial charge in [-0.15, -0.1) is 0 Å². The number of rotatable bonds is 7. The minimum Gasteiger partial charge on any atom is -0.496 e. The first kappa shape index (κ1) is 20.2. The van der Waals surface area contributed by atoms with Crippen molar-refractivity contribution < 1.29 is 19.1 Å². The molecule has 0 spiro atoms. The molecular weight excluding hydrogens is 380 g/mol. The van der Waals surface area contributed by atoms with Crippen LogP contribution in [-0.4, -0.2) is 34.6 Å². The van der Waals surface area contributed by atoms with Crippen molar-refractivity contribution >= 4 is 5.97 Å². The van der Waals surface area contributed by atoms with Gasteiger partial charge < -0.3 is 14.3 Å². The van der Waals surface area contributed by atoms with Crippen LogP contribution in [0.4, 0.5) is 0 Å². The molecule has 1 fully saturated rings. The number of piperidine rings is 1. The van der Waals surface area contributed by atoms with E-state index in [0.29, 0.717) is 18.5 Å². The highest BCUT2D eigenvalue weighted by atomic mass is 16.5. The normalized spacial score (nSPS) is 17.0. The first-order valence-corrected chi connectivity index (χ1v) is 10.3. The lowest BCUT2D eigenvalue weighted by Gasteiger charge is -2.33. The molecule has 3 aromatic rings. The van der Waals surface area contributed by atoms with Crippen LogP contribution < -0.4 is 4.74 Å². The topological polar surface area (TPSA) is 75.8 Å². The largest absolute Gasteiger partial charge is 0.496 e. The molecule has 1 aromatic heterocycles. The summed E-state index contributed by atoms with van der Waals surface area (Å²) in [5, 5.41) is 9.26. The molecule has 1 atom stereocenters. The Labute approximate surface area is 176 Å². The zero-order valence-corrected chi connectivity index (χ0v) is 17.1. The maximum atomic E-state index is 11.3. The highest BCUT2D eigenvalue weighted by Crippen LogP contribution is 2.32. The zero-order valence-electron chi connectivity index (χ0n) is 17.1. The number of aromatic carboxylic acids is 1. The van der Waals surface area contributed by atoms with Gasteiger partial charge in [0, 0.05) is 18.5 Å². The van der Waals surface area contributed by atoms with Crippen molar-refractivity contribution in [1.29, 1.82) is 0 Å². The van der Waals surface area contributed by atoms with E-state index in [-0.39, 0.29) is 6.04 Å². The van der Waals surface area contributed by atoms with E-state index in [1.165, 1.54) is 0 Å². The van der Waals surface area contributed by atoms with Gasteiger partial charge in [0.25, 0.3) is 0 Å². The van der Waals surface area contributed by atoms with Gasteiger partial charge in [0.15, 0.2) is 0 Å². The van der Waals surface area contributed by atoms with Gasteiger partial charge in [-0.05, 0) is 43.1 Å². The van der Waals surface area contributed by atoms with Crippen molar-refractivity contribution in [3.63, 3.8) is 0 Å². The van der Waals surface area contributed by atoms with Crippen molar-refractivity contribution in [2.75, 3.05) is 13.7 Å². The van der Waals surface area contributed by atoms with E-state index in [0.717, 1.165) is 54.3 Å². The number of carboxylic acids is 1. The van der Waals surface area contributed by atoms with Crippen LogP contribution in [0.25, 0.3) is 0 Å². The molecule has 1 aliphatic rings. The van der Waals surface area contributed by atoms with Crippen molar-refractivity contribution in [2.24, 2.45) is 0 Å². The number of hydrogen-bond acceptors (Lipinski definition) is 5. The molecular formula is C24H26N2O4. The van der Waals surface area contributed by atoms with E-state index in [1.54, 1.807) is 31.5 Å². The summed E-state index contributed by atoms with van der Waals surface area (Å²) in [7, 11) is 1.67. The third kappa shape index (κ3) is 4.54. The molecule has 0 radical (unpaired) electrons. The molecule has 2 heterocycles. The maximum absolute atomic E-state index is 11.3. The third-order valence-corrected chi connectivity index (χ3v) is 5.59. The highest BCUT2D eigenvalue weighted by molar-refractivity contribution is 5.87. The highest BCUT2D eigenvalue weighted by Gasteiger charge is 2.28. The molecule has 4 rings (SSSR count). The fourth-order valence-electron chi connectivity index (χ4n) is 4.09. The van der Waals surface area contributed by atoms with Gasteiger partial charge >= 0.3 is 5.97 Å². The van der Waals surface area contributed by atoms with Crippen LogP contribution in [0, 0.1) is 0 Å². The quantitative estimate of drug-likeness (QED) is 0.613. The maximum Gasteiger partial charge on any atom is 0.335 e. The van der Waals surface area contributed by atoms with E-state index >= 15 is 0 Å². The van der Waals surface area contributed by atoms with E-state index in [4.69, 9.17) is 9.15 Å². The monoisotopic (exact) mass is 406 g/mol. The molecule has 1 aliphatic heterocycles. The minimum absolute atomic E-state index is 0.0960. The number of nitrogens with zero attached hydrogens (tertiary/aromatic N) is 2. The summed E-state index contributed by atoms with van der Waals surface area (Å²) >= 11 is 0. The van der Waals surface area contributed by atoms with Gasteiger partial charge in [0.05, 0.1) is 24.9 Å². The van der Waals surface area contributed by atoms with Crippen molar-refractivity contribution in [1.82, 2.24) is 9.88 Å². The number of ether oxygens (including phenoxy) is 1. The third-order valence-electron chi connectivity index (χ3n) is 5.59. The molecule has 6 nitrogen and oxygen atoms in total. The van der Waals surface area contributed by atoms with Crippen molar-refractivity contribution in [2.45, 2.75) is 38.3 Å². The fourth-order valence-corrected chi connectivity index (χ4v) is 4.09. The first-order chi connectivity index (χ1) is 14.6. The molecule has 30 heavy (non-hydrogen) atoms. The van der Waals surface area contributed by atoms with Gasteiger partial charge in [-0.2, -0.15) is 0 Å². The summed E-state index contributed by atoms with van der Waals surface area (Å²) in [4.78, 5) is 18.2. The minimum atomic E-state index is -0.902. The lowest BCUT2D eigenvalue weighted by atomic mass is 10.0. The molecule has 0 amide bonds. The molecule has 0 unspecified atom stereocenters. The summed E-state index contributed by atoms with van der Waals surface area (Å²) in [6.07, 6.45) is 5.65. The van der Waals surface area contributed by atoms with Crippen LogP contribution in [0.3, 0.4) is 0 Å². The second-order valence-electron chi connectivity index (χ2n) is 7.64. The first-order valence-electron chi connectivity index (χ1n) is 10.3. The number of aromatic nitrogens is 1. The van der Waals surface area contributed by atoms with Gasteiger partial charge in [-0.3, -0.25) is 4.90 Å². The summed E-state index contributed by atoms with van der Waals surface area (Å²) in [5.74, 6) is 1.48. The van der Waals surface area contributed by atoms with Gasteiger partial charge in [0.2, 0.25) is 5.89 Å². The Morgan fingerprint density at radius 3 is 2.93 bits per heavy atom. The van der Waals surface area contributed by atoms with Crippen molar-refractivity contribution in [3.05, 3.63) is 83.1 Å². The molecule has 1 saturated heterocycles. The Balaban J connectivity index is 1.51. The number of hydrogen-bond donors (Lipinski definition) is 1. The van der Waals surface area contributed by atoms with E-state index in [2.05, 4.69) is 9.88 Å². The lowest BCUT2D eigenvalue weighted by molar-refractivity contribution is 0.0696. The molecule has 6 heteroatoms. The summed E-state index contributed by atoms with van der Waals surface area (Å²) in [6.45, 7) is 1.61. The SMILES string of the molecule is COc1ccccc1Cc1cnc([C@@H]2CCCCN2Cc2cccc(C(=O)O)c2)o1. The van der Waals surface area contributed by atoms with Crippen LogP contribution in [0.5, 0.6) is 5.75 Å². The van der Waals surface area contributed by atoms with E-state index in [1.807, 2.05) is 30.3 Å². The number of benzene rings is 2. The molecule has 0 saturated carbocycles. The van der Waals surface area contributed by atoms with Crippen LogP contribution in [0.15, 0.2) is 59.1 Å². The number of carbonyl (C=O) groups is 1. The number of methoxy groups -OCH3 is 1. The standard InChI is InChI=1S/C24H26N2O4/c1-29-22-11-3-2-8-18(22)14-20-15-25-23(30-20)21-10-4-5-12-26(21)16-17-7-6-9-19(13-17)24(27)28/h2-3,6-9,11,13,15,21H,4-5,10,12,14,16H2,1H3,(H,27,28)/t21-/m0/s1. The average Bonchev–Trinajstić information content (AvgIpc) is 3.23. The van der Waals surface area contributed by atoms with E-state index < -0.39 is 5.97 Å². The smallest absolute Gasteiger partial charge is 0.335 e. The van der Waals surface area contributed by atoms with Crippen LogP contribution in [0.1, 0.15) is 58.4 Å². The average molecular weight is 406 g/mol. The van der Waals surface area contributed by atoms with Gasteiger partial charge in [0.1, 0.15) is 11.5 Å². The Morgan fingerprint density at radius 1 is 1.23 bits per heavy atom. The Bertz CT molecular complexity index is 1010. The molecule has 0 bridgehead atoms. The predicted molar refractivity (Wildman–Crippen MR) is 113 cm³/mol. The molecule has 0 aliphatic carbocycles. The zero-order chi connectivity index (χ0) is 20.9. The summed E-state index contributed by atoms with van der Waals surface area (Å²) < 4.78 is 11.6. The Hall–Kier alpha value is -3.12. The molecule has 2 aromatic carbocycles. The van der Waals surface area contributed by atoms with Crippen LogP contribution in [0.2, 0.25) is 0 Å². The lowest BCUT2D eigenvalue weighted by Crippen LogP contribution is -2.33. The van der Waals surface area contributed by atoms with Gasteiger partial charge in [-0.25, -0.2) is 9.78 Å². The predicted octanol–water partition coefficient (Wildman–Crippen LogP) is 4.70. The van der Waals surface area contributed by atoms with Gasteiger partial charge in [-0.1, -0.05) is 36.8 Å². The number of likely N-dealkylation sites (tertiary alicyclic amines) is 1. The summed E-state index contributed by atoms with van der Waals surface area (Å²) in [6, 6.07) is 15.2. The number of carboxylic acid groups (broad SMARTS) is 1. The van der Waals surface area contributed by atoms with Crippen LogP contribution in [-0.2, 0) is 13.0 Å². The van der Waals surface area contributed by atoms with E-state index in [9.17, 15) is 9.90 Å². The van der Waals surface area contributed by atoms with Crippen LogP contribution >= 0.6 is 0 Å². The summed E-state index contributed by atoms with van der Waals surface area (Å²) in [5.41, 5.74) is 2.37. The fraction of sp³-hybridized carbons (Fsp3) is 0.333. The van der Waals surface area contributed by atoms with Crippen molar-refractivity contribution in [3.8, 4) is 5.75 Å².